The molecular weight excluding hydrogens is 392 g/mol. The fourth-order valence-corrected chi connectivity index (χ4v) is 3.79. The van der Waals surface area contributed by atoms with Crippen molar-refractivity contribution in [1.29, 1.82) is 0 Å². The Kier molecular flexibility index (Phi) is 6.75. The van der Waals surface area contributed by atoms with E-state index in [1.54, 1.807) is 0 Å². The van der Waals surface area contributed by atoms with E-state index in [0.717, 1.165) is 28.7 Å². The van der Waals surface area contributed by atoms with Crippen molar-refractivity contribution in [2.45, 2.75) is 44.1 Å². The summed E-state index contributed by atoms with van der Waals surface area (Å²) in [4.78, 5) is 12.6. The minimum Gasteiger partial charge on any atom is -0.325 e. The van der Waals surface area contributed by atoms with Crippen molar-refractivity contribution in [3.63, 3.8) is 0 Å². The number of amides is 1. The van der Waals surface area contributed by atoms with Gasteiger partial charge in [-0.2, -0.15) is 0 Å². The smallest absolute Gasteiger partial charge is 0.237 e. The lowest BCUT2D eigenvalue weighted by Crippen LogP contribution is -2.23. The molecule has 0 spiro atoms. The van der Waals surface area contributed by atoms with Crippen molar-refractivity contribution in [2.75, 3.05) is 5.32 Å². The van der Waals surface area contributed by atoms with E-state index in [-0.39, 0.29) is 11.2 Å². The maximum Gasteiger partial charge on any atom is 0.237 e. The molecule has 0 aliphatic carbocycles. The highest BCUT2D eigenvalue weighted by atomic mass is 35.5. The van der Waals surface area contributed by atoms with Crippen LogP contribution >= 0.6 is 23.4 Å². The number of aromatic nitrogens is 3. The van der Waals surface area contributed by atoms with Crippen LogP contribution in [-0.2, 0) is 17.8 Å². The molecule has 1 amide bonds. The average Bonchev–Trinajstić information content (AvgIpc) is 3.11. The molecule has 0 bridgehead atoms. The molecule has 28 heavy (non-hydrogen) atoms. The molecule has 0 saturated carbocycles. The van der Waals surface area contributed by atoms with E-state index in [2.05, 4.69) is 22.4 Å². The predicted molar refractivity (Wildman–Crippen MR) is 116 cm³/mol. The lowest BCUT2D eigenvalue weighted by molar-refractivity contribution is -0.115. The number of anilines is 1. The normalized spacial score (nSPS) is 12.0. The van der Waals surface area contributed by atoms with Crippen LogP contribution in [0.15, 0.2) is 53.7 Å². The molecule has 3 rings (SSSR count). The summed E-state index contributed by atoms with van der Waals surface area (Å²) < 4.78 is 2.01. The van der Waals surface area contributed by atoms with Crippen molar-refractivity contribution < 1.29 is 4.79 Å². The van der Waals surface area contributed by atoms with Gasteiger partial charge in [0.05, 0.1) is 5.25 Å². The van der Waals surface area contributed by atoms with Crippen LogP contribution in [0.1, 0.15) is 26.3 Å². The van der Waals surface area contributed by atoms with Gasteiger partial charge in [0.15, 0.2) is 11.0 Å². The lowest BCUT2D eigenvalue weighted by atomic mass is 10.1. The van der Waals surface area contributed by atoms with E-state index >= 15 is 0 Å². The summed E-state index contributed by atoms with van der Waals surface area (Å²) in [6.07, 6.45) is 0.975. The van der Waals surface area contributed by atoms with Crippen molar-refractivity contribution in [3.05, 3.63) is 59.1 Å². The van der Waals surface area contributed by atoms with Gasteiger partial charge in [-0.15, -0.1) is 10.2 Å². The fraction of sp³-hybridized carbons (Fsp3) is 0.286. The van der Waals surface area contributed by atoms with E-state index in [0.29, 0.717) is 11.6 Å². The zero-order valence-corrected chi connectivity index (χ0v) is 17.7. The SMILES string of the molecule is CCc1ccc(NC(=O)[C@H](C)Sc2nnc(-c3ccc(Cl)cc3)n2CC)cc1. The molecule has 0 saturated heterocycles. The first kappa shape index (κ1) is 20.4. The summed E-state index contributed by atoms with van der Waals surface area (Å²) in [5.74, 6) is 0.706. The molecule has 0 radical (unpaired) electrons. The number of halogens is 1. The van der Waals surface area contributed by atoms with Crippen LogP contribution in [0.4, 0.5) is 5.69 Å². The second kappa shape index (κ2) is 9.26. The van der Waals surface area contributed by atoms with Crippen LogP contribution in [0.3, 0.4) is 0 Å². The molecule has 0 aliphatic heterocycles. The fourth-order valence-electron chi connectivity index (χ4n) is 2.75. The highest BCUT2D eigenvalue weighted by Gasteiger charge is 2.20. The molecular formula is C21H23ClN4OS. The number of carbonyl (C=O) groups is 1. The monoisotopic (exact) mass is 414 g/mol. The number of hydrogen-bond acceptors (Lipinski definition) is 4. The summed E-state index contributed by atoms with van der Waals surface area (Å²) >= 11 is 7.37. The summed E-state index contributed by atoms with van der Waals surface area (Å²) in [6.45, 7) is 6.72. The van der Waals surface area contributed by atoms with Crippen LogP contribution in [-0.4, -0.2) is 25.9 Å². The largest absolute Gasteiger partial charge is 0.325 e. The molecule has 0 aliphatic rings. The molecule has 1 heterocycles. The van der Waals surface area contributed by atoms with Gasteiger partial charge in [0.1, 0.15) is 0 Å². The van der Waals surface area contributed by atoms with E-state index in [9.17, 15) is 4.79 Å². The highest BCUT2D eigenvalue weighted by Crippen LogP contribution is 2.28. The standard InChI is InChI=1S/C21H23ClN4OS/c1-4-15-6-12-18(13-7-15)23-20(27)14(3)28-21-25-24-19(26(21)5-2)16-8-10-17(22)11-9-16/h6-14H,4-5H2,1-3H3,(H,23,27)/t14-/m0/s1. The Hall–Kier alpha value is -2.31. The van der Waals surface area contributed by atoms with Gasteiger partial charge in [0, 0.05) is 22.8 Å². The van der Waals surface area contributed by atoms with Crippen LogP contribution in [0.5, 0.6) is 0 Å². The maximum absolute atomic E-state index is 12.6. The zero-order chi connectivity index (χ0) is 20.1. The Morgan fingerprint density at radius 2 is 1.79 bits per heavy atom. The quantitative estimate of drug-likeness (QED) is 0.533. The number of thioether (sulfide) groups is 1. The Morgan fingerprint density at radius 1 is 1.11 bits per heavy atom. The first-order valence-corrected chi connectivity index (χ1v) is 10.5. The van der Waals surface area contributed by atoms with Crippen molar-refractivity contribution in [2.24, 2.45) is 0 Å². The molecule has 1 atom stereocenters. The summed E-state index contributed by atoms with van der Waals surface area (Å²) in [5.41, 5.74) is 2.98. The van der Waals surface area contributed by atoms with Crippen LogP contribution in [0.25, 0.3) is 11.4 Å². The number of benzene rings is 2. The van der Waals surface area contributed by atoms with E-state index < -0.39 is 0 Å². The van der Waals surface area contributed by atoms with Gasteiger partial charge >= 0.3 is 0 Å². The minimum absolute atomic E-state index is 0.0621. The molecule has 2 aromatic carbocycles. The second-order valence-corrected chi connectivity index (χ2v) is 8.10. The van der Waals surface area contributed by atoms with Gasteiger partial charge < -0.3 is 9.88 Å². The Morgan fingerprint density at radius 3 is 2.39 bits per heavy atom. The van der Waals surface area contributed by atoms with Crippen molar-refractivity contribution >= 4 is 35.0 Å². The molecule has 5 nitrogen and oxygen atoms in total. The number of nitrogens with zero attached hydrogens (tertiary/aromatic N) is 3. The van der Waals surface area contributed by atoms with Gasteiger partial charge in [0.2, 0.25) is 5.91 Å². The van der Waals surface area contributed by atoms with Crippen molar-refractivity contribution in [1.82, 2.24) is 14.8 Å². The molecule has 0 unspecified atom stereocenters. The topological polar surface area (TPSA) is 59.8 Å². The van der Waals surface area contributed by atoms with E-state index in [4.69, 9.17) is 11.6 Å². The Labute approximate surface area is 174 Å². The third kappa shape index (κ3) is 4.75. The van der Waals surface area contributed by atoms with Crippen LogP contribution in [0, 0.1) is 0 Å². The Balaban J connectivity index is 1.71. The van der Waals surface area contributed by atoms with Crippen LogP contribution < -0.4 is 5.32 Å². The number of carbonyl (C=O) groups excluding carboxylic acids is 1. The first-order chi connectivity index (χ1) is 13.5. The van der Waals surface area contributed by atoms with Gasteiger partial charge in [-0.05, 0) is 62.2 Å². The zero-order valence-electron chi connectivity index (χ0n) is 16.1. The molecule has 1 N–H and O–H groups in total. The second-order valence-electron chi connectivity index (χ2n) is 6.36. The van der Waals surface area contributed by atoms with Crippen LogP contribution in [0.2, 0.25) is 5.02 Å². The predicted octanol–water partition coefficient (Wildman–Crippen LogP) is 5.30. The maximum atomic E-state index is 12.6. The number of hydrogen-bond donors (Lipinski definition) is 1. The molecule has 1 aromatic heterocycles. The van der Waals surface area contributed by atoms with Crippen molar-refractivity contribution in [3.8, 4) is 11.4 Å². The average molecular weight is 415 g/mol. The lowest BCUT2D eigenvalue weighted by Gasteiger charge is -2.13. The molecule has 146 valence electrons. The molecule has 3 aromatic rings. The molecule has 0 fully saturated rings. The minimum atomic E-state index is -0.307. The Bertz CT molecular complexity index is 938. The first-order valence-electron chi connectivity index (χ1n) is 9.27. The van der Waals surface area contributed by atoms with E-state index in [1.165, 1.54) is 17.3 Å². The third-order valence-electron chi connectivity index (χ3n) is 4.42. The number of rotatable bonds is 7. The summed E-state index contributed by atoms with van der Waals surface area (Å²) in [5, 5.41) is 12.7. The number of nitrogens with one attached hydrogen (secondary N) is 1. The van der Waals surface area contributed by atoms with Gasteiger partial charge in [-0.3, -0.25) is 4.79 Å². The van der Waals surface area contributed by atoms with Gasteiger partial charge in [-0.25, -0.2) is 0 Å². The number of aryl methyl sites for hydroxylation is 1. The summed E-state index contributed by atoms with van der Waals surface area (Å²) in [7, 11) is 0. The summed E-state index contributed by atoms with van der Waals surface area (Å²) in [6, 6.07) is 15.4. The van der Waals surface area contributed by atoms with Gasteiger partial charge in [-0.1, -0.05) is 42.4 Å². The van der Waals surface area contributed by atoms with E-state index in [1.807, 2.05) is 66.9 Å². The third-order valence-corrected chi connectivity index (χ3v) is 5.75. The molecule has 7 heteroatoms. The highest BCUT2D eigenvalue weighted by molar-refractivity contribution is 8.00. The van der Waals surface area contributed by atoms with Gasteiger partial charge in [0.25, 0.3) is 0 Å².